The summed E-state index contributed by atoms with van der Waals surface area (Å²) in [4.78, 5) is 0. The van der Waals surface area contributed by atoms with Crippen molar-refractivity contribution in [1.82, 2.24) is 0 Å². The van der Waals surface area contributed by atoms with E-state index in [1.165, 1.54) is 148 Å². The zero-order chi connectivity index (χ0) is 65.2. The first-order chi connectivity index (χ1) is 44.2. The van der Waals surface area contributed by atoms with Gasteiger partial charge < -0.3 is 0 Å². The molecule has 0 aliphatic heterocycles. The van der Waals surface area contributed by atoms with Gasteiger partial charge in [0.15, 0.2) is 0 Å². The normalized spacial score (nSPS) is 21.9. The van der Waals surface area contributed by atoms with Crippen molar-refractivity contribution in [1.29, 1.82) is 0 Å². The Morgan fingerprint density at radius 3 is 0.674 bits per heavy atom. The van der Waals surface area contributed by atoms with Gasteiger partial charge in [0.2, 0.25) is 0 Å². The molecule has 8 unspecified atom stereocenters. The summed E-state index contributed by atoms with van der Waals surface area (Å²) in [6.07, 6.45) is 17.6. The van der Waals surface area contributed by atoms with Crippen LogP contribution in [0.5, 0.6) is 0 Å². The van der Waals surface area contributed by atoms with Gasteiger partial charge in [0.25, 0.3) is 0 Å². The quantitative estimate of drug-likeness (QED) is 0.0507. The summed E-state index contributed by atoms with van der Waals surface area (Å²) in [5.74, 6) is 4.74. The van der Waals surface area contributed by atoms with Crippen LogP contribution in [-0.2, 0) is 21.7 Å². The molecule has 12 rings (SSSR count). The van der Waals surface area contributed by atoms with Gasteiger partial charge in [0, 0.05) is 21.7 Å². The van der Waals surface area contributed by atoms with Gasteiger partial charge in [0.1, 0.15) is 0 Å². The van der Waals surface area contributed by atoms with E-state index >= 15 is 0 Å². The van der Waals surface area contributed by atoms with E-state index < -0.39 is 0 Å². The molecule has 0 heteroatoms. The highest BCUT2D eigenvalue weighted by Crippen LogP contribution is 2.62. The molecule has 0 amide bonds. The van der Waals surface area contributed by atoms with Crippen molar-refractivity contribution >= 4 is 0 Å². The minimum atomic E-state index is -0.119. The van der Waals surface area contributed by atoms with E-state index in [-0.39, 0.29) is 21.7 Å². The van der Waals surface area contributed by atoms with Crippen molar-refractivity contribution in [3.8, 4) is 77.9 Å². The number of fused-ring (bicyclic) bond motifs is 12. The van der Waals surface area contributed by atoms with Crippen LogP contribution in [0.2, 0.25) is 0 Å². The molecule has 0 radical (unpaired) electrons. The summed E-state index contributed by atoms with van der Waals surface area (Å²) >= 11 is 0. The molecule has 0 bridgehead atoms. The zero-order valence-corrected chi connectivity index (χ0v) is 60.2. The predicted octanol–water partition coefficient (Wildman–Crippen LogP) is 27.2. The van der Waals surface area contributed by atoms with Gasteiger partial charge in [-0.05, 0) is 264 Å². The van der Waals surface area contributed by atoms with Gasteiger partial charge in [-0.3, -0.25) is 0 Å². The summed E-state index contributed by atoms with van der Waals surface area (Å²) < 4.78 is 0. The van der Waals surface area contributed by atoms with Crippen LogP contribution in [0.4, 0.5) is 0 Å². The first-order valence-corrected chi connectivity index (χ1v) is 37.3. The SMILES string of the molecule is CCC(C)CC1(CC(C)C)c2ccccc2-c2ccc(-c3ccc4c(c3)C(CC(C)CC)(CC(C)CC)c3cc(-c5ccc6c(c5)C(CC(C)CC)(CC(C)CC)c5cc(-c7ccc8c(c7)C(CC(C)CC)(CC(C)CC)c7cc(C)ccc7-8)ccc5-6)ccc3-4)cc21. The summed E-state index contributed by atoms with van der Waals surface area (Å²) in [5.41, 5.74) is 33.4. The predicted molar refractivity (Wildman–Crippen MR) is 400 cm³/mol. The molecule has 4 aliphatic carbocycles. The van der Waals surface area contributed by atoms with Gasteiger partial charge in [0.05, 0.1) is 0 Å². The molecular formula is C92H114. The molecule has 482 valence electrons. The average molecular weight is 1220 g/mol. The van der Waals surface area contributed by atoms with E-state index in [4.69, 9.17) is 0 Å². The highest BCUT2D eigenvalue weighted by molar-refractivity contribution is 5.91. The van der Waals surface area contributed by atoms with Crippen molar-refractivity contribution in [2.75, 3.05) is 0 Å². The standard InChI is InChI=1S/C92H114/c1-18-59(10)51-89(50-58(8)9)81-28-26-25-27-73(81)75-37-30-67(44-83(75)89)69-32-39-77-79-41-34-71(48-87(79)91(85(77)46-69,54-62(13)21-4)55-63(14)22-5)72-35-42-80-78-40-33-70(47-86(78)92(88(80)49-72,56-64(15)23-6)57-65(16)24-7)68-31-38-76-74-36-29-66(17)43-82(74)90(84(76)45-68,52-60(11)19-2)53-61(12)20-3/h25-49,58-65H,18-24,50-57H2,1-17H3. The molecule has 0 N–H and O–H groups in total. The van der Waals surface area contributed by atoms with Crippen molar-refractivity contribution in [3.05, 3.63) is 202 Å². The van der Waals surface area contributed by atoms with Crippen LogP contribution >= 0.6 is 0 Å². The summed E-state index contributed by atoms with van der Waals surface area (Å²) in [6, 6.07) is 63.1. The van der Waals surface area contributed by atoms with Crippen molar-refractivity contribution < 1.29 is 0 Å². The minimum Gasteiger partial charge on any atom is -0.0651 e. The summed E-state index contributed by atoms with van der Waals surface area (Å²) in [6.45, 7) is 41.7. The van der Waals surface area contributed by atoms with Crippen LogP contribution in [0.25, 0.3) is 77.9 Å². The molecule has 0 nitrogen and oxygen atoms in total. The van der Waals surface area contributed by atoms with Crippen LogP contribution < -0.4 is 0 Å². The van der Waals surface area contributed by atoms with Gasteiger partial charge >= 0.3 is 0 Å². The molecule has 0 spiro atoms. The third-order valence-corrected chi connectivity index (χ3v) is 25.0. The molecule has 0 heterocycles. The Morgan fingerprint density at radius 1 is 0.228 bits per heavy atom. The molecular weight excluding hydrogens is 1110 g/mol. The molecule has 8 aromatic carbocycles. The Labute approximate surface area is 559 Å². The van der Waals surface area contributed by atoms with Crippen molar-refractivity contribution in [2.24, 2.45) is 47.3 Å². The van der Waals surface area contributed by atoms with Crippen LogP contribution in [-0.4, -0.2) is 0 Å². The largest absolute Gasteiger partial charge is 0.0651 e. The molecule has 8 atom stereocenters. The van der Waals surface area contributed by atoms with Crippen LogP contribution in [0, 0.1) is 54.3 Å². The molecule has 0 aromatic heterocycles. The monoisotopic (exact) mass is 1220 g/mol. The summed E-state index contributed by atoms with van der Waals surface area (Å²) in [7, 11) is 0. The fraction of sp³-hybridized carbons (Fsp3) is 0.478. The van der Waals surface area contributed by atoms with Gasteiger partial charge in [-0.15, -0.1) is 0 Å². The fourth-order valence-corrected chi connectivity index (χ4v) is 19.1. The number of hydrogen-bond acceptors (Lipinski definition) is 0. The van der Waals surface area contributed by atoms with Gasteiger partial charge in [-0.25, -0.2) is 0 Å². The Bertz CT molecular complexity index is 3950. The third kappa shape index (κ3) is 11.3. The molecule has 4 aliphatic rings. The smallest absolute Gasteiger partial charge is 0.0220 e. The van der Waals surface area contributed by atoms with E-state index in [2.05, 4.69) is 269 Å². The second-order valence-electron chi connectivity index (χ2n) is 32.1. The maximum Gasteiger partial charge on any atom is 0.0220 e. The Hall–Kier alpha value is -6.24. The van der Waals surface area contributed by atoms with E-state index in [1.807, 2.05) is 0 Å². The number of benzene rings is 8. The second-order valence-corrected chi connectivity index (χ2v) is 32.1. The molecule has 0 saturated heterocycles. The lowest BCUT2D eigenvalue weighted by atomic mass is 9.65. The first-order valence-electron chi connectivity index (χ1n) is 37.3. The Morgan fingerprint density at radius 2 is 0.435 bits per heavy atom. The minimum absolute atomic E-state index is 0.000907. The molecule has 92 heavy (non-hydrogen) atoms. The molecule has 0 saturated carbocycles. The maximum absolute atomic E-state index is 2.71. The number of aryl methyl sites for hydroxylation is 1. The lowest BCUT2D eigenvalue weighted by molar-refractivity contribution is 0.308. The Kier molecular flexibility index (Phi) is 18.7. The van der Waals surface area contributed by atoms with E-state index in [0.29, 0.717) is 47.3 Å². The highest BCUT2D eigenvalue weighted by Gasteiger charge is 2.50. The van der Waals surface area contributed by atoms with E-state index in [9.17, 15) is 0 Å². The Balaban J connectivity index is 0.984. The second kappa shape index (κ2) is 26.2. The summed E-state index contributed by atoms with van der Waals surface area (Å²) in [5, 5.41) is 0. The van der Waals surface area contributed by atoms with Gasteiger partial charge in [-0.1, -0.05) is 277 Å². The lowest BCUT2D eigenvalue weighted by Crippen LogP contribution is -2.30. The van der Waals surface area contributed by atoms with Crippen LogP contribution in [0.1, 0.15) is 257 Å². The van der Waals surface area contributed by atoms with E-state index in [0.717, 1.165) is 32.1 Å². The average Bonchev–Trinajstić information content (AvgIpc) is 1.58. The first kappa shape index (κ1) is 65.8. The lowest BCUT2D eigenvalue weighted by Gasteiger charge is -2.38. The van der Waals surface area contributed by atoms with Crippen molar-refractivity contribution in [2.45, 2.75) is 236 Å². The van der Waals surface area contributed by atoms with E-state index in [1.54, 1.807) is 44.5 Å². The third-order valence-electron chi connectivity index (χ3n) is 25.0. The zero-order valence-electron chi connectivity index (χ0n) is 60.2. The maximum atomic E-state index is 2.71. The molecule has 0 fully saturated rings. The number of rotatable bonds is 26. The number of hydrogen-bond donors (Lipinski definition) is 0. The highest BCUT2D eigenvalue weighted by atomic mass is 14.5. The van der Waals surface area contributed by atoms with Crippen LogP contribution in [0.15, 0.2) is 152 Å². The fourth-order valence-electron chi connectivity index (χ4n) is 19.1. The van der Waals surface area contributed by atoms with Gasteiger partial charge in [-0.2, -0.15) is 0 Å². The topological polar surface area (TPSA) is 0 Å². The van der Waals surface area contributed by atoms with Crippen molar-refractivity contribution in [3.63, 3.8) is 0 Å². The van der Waals surface area contributed by atoms with Crippen LogP contribution in [0.3, 0.4) is 0 Å². The molecule has 8 aromatic rings.